The topological polar surface area (TPSA) is 56.8 Å². The summed E-state index contributed by atoms with van der Waals surface area (Å²) in [5.41, 5.74) is 3.20. The summed E-state index contributed by atoms with van der Waals surface area (Å²) in [6, 6.07) is 13.5. The first-order valence-corrected chi connectivity index (χ1v) is 8.48. The number of esters is 1. The Morgan fingerprint density at radius 1 is 1.20 bits per heavy atom. The monoisotopic (exact) mass is 341 g/mol. The third-order valence-electron chi connectivity index (χ3n) is 4.29. The number of methoxy groups -OCH3 is 1. The standard InChI is InChI=1S/C20H23NO4/c1-3-24-20(22)17-11-16-15(12-21-17)9-10-18(23-2)19(16)25-13-14-7-5-4-6-8-14/h4-10,17,21H,3,11-13H2,1-2H3/t17-/m1/s1. The van der Waals surface area contributed by atoms with E-state index in [1.807, 2.05) is 49.4 Å². The second kappa shape index (κ2) is 8.03. The Kier molecular flexibility index (Phi) is 5.56. The van der Waals surface area contributed by atoms with Gasteiger partial charge in [-0.1, -0.05) is 36.4 Å². The minimum Gasteiger partial charge on any atom is -0.493 e. The van der Waals surface area contributed by atoms with Gasteiger partial charge in [-0.3, -0.25) is 4.79 Å². The van der Waals surface area contributed by atoms with E-state index >= 15 is 0 Å². The molecule has 2 aromatic rings. The SMILES string of the molecule is CCOC(=O)[C@H]1Cc2c(ccc(OC)c2OCc2ccccc2)CN1. The molecule has 0 aromatic heterocycles. The molecule has 1 aliphatic rings. The van der Waals surface area contributed by atoms with Crippen LogP contribution in [0, 0.1) is 0 Å². The summed E-state index contributed by atoms with van der Waals surface area (Å²) < 4.78 is 16.7. The smallest absolute Gasteiger partial charge is 0.323 e. The number of fused-ring (bicyclic) bond motifs is 1. The highest BCUT2D eigenvalue weighted by Crippen LogP contribution is 2.37. The van der Waals surface area contributed by atoms with Gasteiger partial charge in [0, 0.05) is 18.5 Å². The van der Waals surface area contributed by atoms with E-state index in [-0.39, 0.29) is 12.0 Å². The summed E-state index contributed by atoms with van der Waals surface area (Å²) in [6.45, 7) is 3.24. The molecule has 0 saturated carbocycles. The number of rotatable bonds is 6. The molecule has 2 aromatic carbocycles. The van der Waals surface area contributed by atoms with E-state index in [9.17, 15) is 4.79 Å². The van der Waals surface area contributed by atoms with E-state index in [1.54, 1.807) is 7.11 Å². The molecule has 5 heteroatoms. The molecule has 132 valence electrons. The van der Waals surface area contributed by atoms with E-state index in [1.165, 1.54) is 0 Å². The fraction of sp³-hybridized carbons (Fsp3) is 0.350. The average Bonchev–Trinajstić information content (AvgIpc) is 2.66. The number of ether oxygens (including phenoxy) is 3. The number of carbonyl (C=O) groups excluding carboxylic acids is 1. The van der Waals surface area contributed by atoms with Crippen LogP contribution >= 0.6 is 0 Å². The van der Waals surface area contributed by atoms with Gasteiger partial charge in [0.05, 0.1) is 13.7 Å². The van der Waals surface area contributed by atoms with Crippen molar-refractivity contribution in [3.63, 3.8) is 0 Å². The first kappa shape index (κ1) is 17.3. The molecular formula is C20H23NO4. The van der Waals surface area contributed by atoms with Crippen molar-refractivity contribution in [3.8, 4) is 11.5 Å². The lowest BCUT2D eigenvalue weighted by atomic mass is 9.94. The summed E-state index contributed by atoms with van der Waals surface area (Å²) in [6.07, 6.45) is 0.523. The van der Waals surface area contributed by atoms with Gasteiger partial charge < -0.3 is 19.5 Å². The molecule has 25 heavy (non-hydrogen) atoms. The molecule has 0 fully saturated rings. The van der Waals surface area contributed by atoms with E-state index < -0.39 is 0 Å². The van der Waals surface area contributed by atoms with Gasteiger partial charge in [0.2, 0.25) is 0 Å². The molecule has 0 saturated heterocycles. The number of nitrogens with one attached hydrogen (secondary N) is 1. The highest BCUT2D eigenvalue weighted by molar-refractivity contribution is 5.77. The molecule has 5 nitrogen and oxygen atoms in total. The summed E-state index contributed by atoms with van der Waals surface area (Å²) in [4.78, 5) is 12.1. The van der Waals surface area contributed by atoms with Crippen LogP contribution in [-0.2, 0) is 29.1 Å². The quantitative estimate of drug-likeness (QED) is 0.819. The molecule has 3 rings (SSSR count). The van der Waals surface area contributed by atoms with Crippen LogP contribution < -0.4 is 14.8 Å². The van der Waals surface area contributed by atoms with Crippen molar-refractivity contribution < 1.29 is 19.0 Å². The van der Waals surface area contributed by atoms with Gasteiger partial charge in [-0.15, -0.1) is 0 Å². The van der Waals surface area contributed by atoms with Gasteiger partial charge in [0.1, 0.15) is 12.6 Å². The normalized spacial score (nSPS) is 16.0. The number of benzene rings is 2. The summed E-state index contributed by atoms with van der Waals surface area (Å²) in [5.74, 6) is 1.16. The molecule has 0 bridgehead atoms. The Hall–Kier alpha value is -2.53. The molecule has 1 heterocycles. The molecule has 0 radical (unpaired) electrons. The van der Waals surface area contributed by atoms with Crippen LogP contribution in [0.3, 0.4) is 0 Å². The van der Waals surface area contributed by atoms with Crippen LogP contribution in [0.5, 0.6) is 11.5 Å². The maximum Gasteiger partial charge on any atom is 0.323 e. The van der Waals surface area contributed by atoms with E-state index in [0.717, 1.165) is 16.7 Å². The number of hydrogen-bond donors (Lipinski definition) is 1. The molecule has 0 aliphatic carbocycles. The predicted molar refractivity (Wildman–Crippen MR) is 94.7 cm³/mol. The van der Waals surface area contributed by atoms with Gasteiger partial charge in [-0.05, 0) is 24.1 Å². The minimum absolute atomic E-state index is 0.232. The molecule has 1 atom stereocenters. The third kappa shape index (κ3) is 3.94. The fourth-order valence-corrected chi connectivity index (χ4v) is 3.00. The maximum atomic E-state index is 12.1. The number of carbonyl (C=O) groups is 1. The first-order valence-electron chi connectivity index (χ1n) is 8.48. The van der Waals surface area contributed by atoms with E-state index in [4.69, 9.17) is 14.2 Å². The van der Waals surface area contributed by atoms with Crippen LogP contribution in [0.25, 0.3) is 0 Å². The molecule has 1 N–H and O–H groups in total. The molecule has 0 amide bonds. The summed E-state index contributed by atoms with van der Waals surface area (Å²) in [7, 11) is 1.63. The number of hydrogen-bond acceptors (Lipinski definition) is 5. The summed E-state index contributed by atoms with van der Waals surface area (Å²) in [5, 5.41) is 3.23. The molecule has 0 unspecified atom stereocenters. The molecule has 0 spiro atoms. The third-order valence-corrected chi connectivity index (χ3v) is 4.29. The molecule has 1 aliphatic heterocycles. The fourth-order valence-electron chi connectivity index (χ4n) is 3.00. The van der Waals surface area contributed by atoms with Crippen LogP contribution in [0.2, 0.25) is 0 Å². The van der Waals surface area contributed by atoms with Crippen LogP contribution in [0.15, 0.2) is 42.5 Å². The largest absolute Gasteiger partial charge is 0.493 e. The Balaban J connectivity index is 1.85. The van der Waals surface area contributed by atoms with Gasteiger partial charge in [-0.25, -0.2) is 0 Å². The van der Waals surface area contributed by atoms with Crippen molar-refractivity contribution in [3.05, 3.63) is 59.2 Å². The zero-order valence-corrected chi connectivity index (χ0v) is 14.6. The van der Waals surface area contributed by atoms with E-state index in [0.29, 0.717) is 37.7 Å². The second-order valence-electron chi connectivity index (χ2n) is 5.90. The minimum atomic E-state index is -0.362. The zero-order chi connectivity index (χ0) is 17.6. The van der Waals surface area contributed by atoms with Gasteiger partial charge in [-0.2, -0.15) is 0 Å². The van der Waals surface area contributed by atoms with Crippen LogP contribution in [0.4, 0.5) is 0 Å². The van der Waals surface area contributed by atoms with Crippen molar-refractivity contribution in [2.24, 2.45) is 0 Å². The Labute approximate surface area is 147 Å². The maximum absolute atomic E-state index is 12.1. The van der Waals surface area contributed by atoms with Gasteiger partial charge >= 0.3 is 5.97 Å². The predicted octanol–water partition coefficient (Wildman–Crippen LogP) is 2.85. The Morgan fingerprint density at radius 2 is 2.00 bits per heavy atom. The van der Waals surface area contributed by atoms with Gasteiger partial charge in [0.15, 0.2) is 11.5 Å². The average molecular weight is 341 g/mol. The van der Waals surface area contributed by atoms with Crippen LogP contribution in [-0.4, -0.2) is 25.7 Å². The van der Waals surface area contributed by atoms with Gasteiger partial charge in [0.25, 0.3) is 0 Å². The Bertz CT molecular complexity index is 730. The second-order valence-corrected chi connectivity index (χ2v) is 5.90. The zero-order valence-electron chi connectivity index (χ0n) is 14.6. The van der Waals surface area contributed by atoms with E-state index in [2.05, 4.69) is 5.32 Å². The molecular weight excluding hydrogens is 318 g/mol. The van der Waals surface area contributed by atoms with Crippen molar-refractivity contribution >= 4 is 5.97 Å². The highest BCUT2D eigenvalue weighted by atomic mass is 16.5. The summed E-state index contributed by atoms with van der Waals surface area (Å²) >= 11 is 0. The van der Waals surface area contributed by atoms with Crippen molar-refractivity contribution in [1.82, 2.24) is 5.32 Å². The lowest BCUT2D eigenvalue weighted by Crippen LogP contribution is -2.42. The van der Waals surface area contributed by atoms with Crippen molar-refractivity contribution in [1.29, 1.82) is 0 Å². The van der Waals surface area contributed by atoms with Crippen molar-refractivity contribution in [2.45, 2.75) is 32.5 Å². The highest BCUT2D eigenvalue weighted by Gasteiger charge is 2.29. The lowest BCUT2D eigenvalue weighted by Gasteiger charge is -2.27. The van der Waals surface area contributed by atoms with Crippen molar-refractivity contribution in [2.75, 3.05) is 13.7 Å². The van der Waals surface area contributed by atoms with Crippen LogP contribution in [0.1, 0.15) is 23.6 Å². The first-order chi connectivity index (χ1) is 12.2. The Morgan fingerprint density at radius 3 is 2.72 bits per heavy atom. The lowest BCUT2D eigenvalue weighted by molar-refractivity contribution is -0.145.